The van der Waals surface area contributed by atoms with Crippen LogP contribution in [0.5, 0.6) is 5.75 Å². The average molecular weight is 348 g/mol. The molecular weight excluding hydrogens is 330 g/mol. The molecule has 0 atom stereocenters. The van der Waals surface area contributed by atoms with Gasteiger partial charge in [-0.1, -0.05) is 17.7 Å². The SMILES string of the molecule is O=C(NCc1cccnc1N1CCOCC1)c1cc(Cl)ccc1O. The highest BCUT2D eigenvalue weighted by Crippen LogP contribution is 2.22. The van der Waals surface area contributed by atoms with Gasteiger partial charge in [-0.15, -0.1) is 0 Å². The number of carbonyl (C=O) groups is 1. The van der Waals surface area contributed by atoms with Gasteiger partial charge in [0.1, 0.15) is 11.6 Å². The molecule has 0 bridgehead atoms. The van der Waals surface area contributed by atoms with Crippen molar-refractivity contribution in [3.05, 3.63) is 52.7 Å². The van der Waals surface area contributed by atoms with Gasteiger partial charge in [0.05, 0.1) is 18.8 Å². The molecule has 1 saturated heterocycles. The van der Waals surface area contributed by atoms with Crippen LogP contribution in [0.1, 0.15) is 15.9 Å². The number of hydrogen-bond acceptors (Lipinski definition) is 5. The number of hydrogen-bond donors (Lipinski definition) is 2. The molecule has 1 aromatic heterocycles. The predicted molar refractivity (Wildman–Crippen MR) is 91.6 cm³/mol. The van der Waals surface area contributed by atoms with E-state index in [-0.39, 0.29) is 17.2 Å². The molecular formula is C17H18ClN3O3. The molecule has 0 spiro atoms. The van der Waals surface area contributed by atoms with Crippen molar-refractivity contribution in [2.24, 2.45) is 0 Å². The van der Waals surface area contributed by atoms with Crippen LogP contribution in [0.15, 0.2) is 36.5 Å². The first-order chi connectivity index (χ1) is 11.6. The summed E-state index contributed by atoms with van der Waals surface area (Å²) >= 11 is 5.89. The minimum Gasteiger partial charge on any atom is -0.507 e. The van der Waals surface area contributed by atoms with E-state index in [1.807, 2.05) is 12.1 Å². The van der Waals surface area contributed by atoms with E-state index in [1.54, 1.807) is 6.20 Å². The number of benzene rings is 1. The Hall–Kier alpha value is -2.31. The second kappa shape index (κ2) is 7.51. The van der Waals surface area contributed by atoms with Gasteiger partial charge < -0.3 is 20.1 Å². The van der Waals surface area contributed by atoms with Crippen LogP contribution in [0.25, 0.3) is 0 Å². The summed E-state index contributed by atoms with van der Waals surface area (Å²) in [5.74, 6) is 0.361. The Kier molecular flexibility index (Phi) is 5.17. The maximum atomic E-state index is 12.3. The van der Waals surface area contributed by atoms with Gasteiger partial charge in [-0.3, -0.25) is 4.79 Å². The molecule has 1 aliphatic heterocycles. The number of morpholine rings is 1. The van der Waals surface area contributed by atoms with E-state index in [1.165, 1.54) is 18.2 Å². The Morgan fingerprint density at radius 2 is 2.12 bits per heavy atom. The quantitative estimate of drug-likeness (QED) is 0.887. The van der Waals surface area contributed by atoms with E-state index < -0.39 is 0 Å². The van der Waals surface area contributed by atoms with Crippen LogP contribution in [0.4, 0.5) is 5.82 Å². The maximum Gasteiger partial charge on any atom is 0.255 e. The van der Waals surface area contributed by atoms with Gasteiger partial charge >= 0.3 is 0 Å². The molecule has 1 amide bonds. The first-order valence-electron chi connectivity index (χ1n) is 7.68. The van der Waals surface area contributed by atoms with Gasteiger partial charge in [0.2, 0.25) is 0 Å². The molecule has 3 rings (SSSR count). The van der Waals surface area contributed by atoms with Crippen LogP contribution in [0.2, 0.25) is 5.02 Å². The minimum absolute atomic E-state index is 0.100. The van der Waals surface area contributed by atoms with E-state index in [0.717, 1.165) is 24.5 Å². The third-order valence-electron chi connectivity index (χ3n) is 3.82. The highest BCUT2D eigenvalue weighted by atomic mass is 35.5. The van der Waals surface area contributed by atoms with Crippen LogP contribution < -0.4 is 10.2 Å². The van der Waals surface area contributed by atoms with E-state index in [2.05, 4.69) is 15.2 Å². The summed E-state index contributed by atoms with van der Waals surface area (Å²) in [5.41, 5.74) is 1.06. The molecule has 6 nitrogen and oxygen atoms in total. The number of aromatic nitrogens is 1. The molecule has 2 N–H and O–H groups in total. The van der Waals surface area contributed by atoms with Crippen LogP contribution in [0.3, 0.4) is 0 Å². The van der Waals surface area contributed by atoms with Crippen LogP contribution in [-0.2, 0) is 11.3 Å². The Morgan fingerprint density at radius 1 is 1.33 bits per heavy atom. The largest absolute Gasteiger partial charge is 0.507 e. The van der Waals surface area contributed by atoms with Gasteiger partial charge in [-0.05, 0) is 24.3 Å². The van der Waals surface area contributed by atoms with Crippen molar-refractivity contribution in [3.63, 3.8) is 0 Å². The molecule has 7 heteroatoms. The van der Waals surface area contributed by atoms with Gasteiger partial charge in [0.25, 0.3) is 5.91 Å². The summed E-state index contributed by atoms with van der Waals surface area (Å²) in [5, 5.41) is 13.0. The number of amides is 1. The van der Waals surface area contributed by atoms with Crippen molar-refractivity contribution in [2.45, 2.75) is 6.54 Å². The molecule has 2 aromatic rings. The molecule has 0 radical (unpaired) electrons. The van der Waals surface area contributed by atoms with Crippen molar-refractivity contribution in [1.82, 2.24) is 10.3 Å². The topological polar surface area (TPSA) is 74.7 Å². The zero-order chi connectivity index (χ0) is 16.9. The molecule has 126 valence electrons. The fourth-order valence-corrected chi connectivity index (χ4v) is 2.76. The standard InChI is InChI=1S/C17H18ClN3O3/c18-13-3-4-15(22)14(10-13)17(23)20-11-12-2-1-5-19-16(12)21-6-8-24-9-7-21/h1-5,10,22H,6-9,11H2,(H,20,23). The van der Waals surface area contributed by atoms with Gasteiger partial charge in [0, 0.05) is 36.4 Å². The number of nitrogens with one attached hydrogen (secondary N) is 1. The zero-order valence-corrected chi connectivity index (χ0v) is 13.8. The lowest BCUT2D eigenvalue weighted by atomic mass is 10.1. The third kappa shape index (κ3) is 3.77. The molecule has 1 fully saturated rings. The smallest absolute Gasteiger partial charge is 0.255 e. The Labute approximate surface area is 145 Å². The Bertz CT molecular complexity index is 733. The number of phenols is 1. The second-order valence-corrected chi connectivity index (χ2v) is 5.87. The van der Waals surface area contributed by atoms with Crippen molar-refractivity contribution in [1.29, 1.82) is 0 Å². The fraction of sp³-hybridized carbons (Fsp3) is 0.294. The lowest BCUT2D eigenvalue weighted by Crippen LogP contribution is -2.37. The number of anilines is 1. The lowest BCUT2D eigenvalue weighted by molar-refractivity contribution is 0.0948. The number of phenolic OH excluding ortho intramolecular Hbond substituents is 1. The number of aromatic hydroxyl groups is 1. The van der Waals surface area contributed by atoms with Crippen molar-refractivity contribution in [3.8, 4) is 5.75 Å². The van der Waals surface area contributed by atoms with Crippen molar-refractivity contribution >= 4 is 23.3 Å². The molecule has 1 aliphatic rings. The van der Waals surface area contributed by atoms with Crippen LogP contribution in [-0.4, -0.2) is 42.3 Å². The number of carbonyl (C=O) groups excluding carboxylic acids is 1. The van der Waals surface area contributed by atoms with E-state index in [4.69, 9.17) is 16.3 Å². The summed E-state index contributed by atoms with van der Waals surface area (Å²) in [6.45, 7) is 3.18. The Morgan fingerprint density at radius 3 is 2.92 bits per heavy atom. The van der Waals surface area contributed by atoms with Crippen LogP contribution >= 0.6 is 11.6 Å². The highest BCUT2D eigenvalue weighted by molar-refractivity contribution is 6.31. The van der Waals surface area contributed by atoms with Gasteiger partial charge in [-0.2, -0.15) is 0 Å². The molecule has 0 saturated carbocycles. The van der Waals surface area contributed by atoms with Gasteiger partial charge in [0.15, 0.2) is 0 Å². The normalized spacial score (nSPS) is 14.5. The number of rotatable bonds is 4. The van der Waals surface area contributed by atoms with E-state index in [0.29, 0.717) is 24.8 Å². The van der Waals surface area contributed by atoms with Crippen LogP contribution in [0, 0.1) is 0 Å². The molecule has 1 aromatic carbocycles. The first-order valence-corrected chi connectivity index (χ1v) is 8.06. The van der Waals surface area contributed by atoms with E-state index in [9.17, 15) is 9.90 Å². The number of halogens is 1. The molecule has 0 aliphatic carbocycles. The summed E-state index contributed by atoms with van der Waals surface area (Å²) in [4.78, 5) is 18.9. The summed E-state index contributed by atoms with van der Waals surface area (Å²) in [6, 6.07) is 8.14. The fourth-order valence-electron chi connectivity index (χ4n) is 2.59. The third-order valence-corrected chi connectivity index (χ3v) is 4.06. The van der Waals surface area contributed by atoms with Crippen molar-refractivity contribution in [2.75, 3.05) is 31.2 Å². The summed E-state index contributed by atoms with van der Waals surface area (Å²) in [6.07, 6.45) is 1.74. The number of nitrogens with zero attached hydrogens (tertiary/aromatic N) is 2. The highest BCUT2D eigenvalue weighted by Gasteiger charge is 2.17. The predicted octanol–water partition coefficient (Wildman–Crippen LogP) is 2.21. The first kappa shape index (κ1) is 16.5. The number of pyridine rings is 1. The second-order valence-electron chi connectivity index (χ2n) is 5.43. The maximum absolute atomic E-state index is 12.3. The van der Waals surface area contributed by atoms with E-state index >= 15 is 0 Å². The molecule has 0 unspecified atom stereocenters. The van der Waals surface area contributed by atoms with Crippen molar-refractivity contribution < 1.29 is 14.6 Å². The zero-order valence-electron chi connectivity index (χ0n) is 13.0. The molecule has 24 heavy (non-hydrogen) atoms. The summed E-state index contributed by atoms with van der Waals surface area (Å²) in [7, 11) is 0. The van der Waals surface area contributed by atoms with Gasteiger partial charge in [-0.25, -0.2) is 4.98 Å². The number of ether oxygens (including phenoxy) is 1. The average Bonchev–Trinajstić information content (AvgIpc) is 2.62. The summed E-state index contributed by atoms with van der Waals surface area (Å²) < 4.78 is 5.36. The monoisotopic (exact) mass is 347 g/mol. The molecule has 2 heterocycles. The minimum atomic E-state index is -0.383. The lowest BCUT2D eigenvalue weighted by Gasteiger charge is -2.29. The Balaban J connectivity index is 1.72.